The van der Waals surface area contributed by atoms with Crippen molar-refractivity contribution < 1.29 is 19.4 Å². The standard InChI is InChI=1S/C11H21NO4/c1-8-5-12(6-9(13)7-15-8)10(14)16-11(2,3)4/h8-9,13H,5-7H2,1-4H3. The molecule has 1 N–H and O–H groups in total. The molecule has 16 heavy (non-hydrogen) atoms. The molecular formula is C11H21NO4. The van der Waals surface area contributed by atoms with Gasteiger partial charge in [-0.15, -0.1) is 0 Å². The highest BCUT2D eigenvalue weighted by Crippen LogP contribution is 2.13. The summed E-state index contributed by atoms with van der Waals surface area (Å²) >= 11 is 0. The normalized spacial score (nSPS) is 27.4. The zero-order valence-electron chi connectivity index (χ0n) is 10.4. The van der Waals surface area contributed by atoms with Crippen molar-refractivity contribution in [3.63, 3.8) is 0 Å². The van der Waals surface area contributed by atoms with Crippen molar-refractivity contribution in [2.45, 2.75) is 45.5 Å². The quantitative estimate of drug-likeness (QED) is 0.675. The van der Waals surface area contributed by atoms with E-state index in [2.05, 4.69) is 0 Å². The Bertz CT molecular complexity index is 237. The van der Waals surface area contributed by atoms with Gasteiger partial charge in [0.2, 0.25) is 0 Å². The lowest BCUT2D eigenvalue weighted by atomic mass is 10.2. The highest BCUT2D eigenvalue weighted by atomic mass is 16.6. The number of carbonyl (C=O) groups is 1. The van der Waals surface area contributed by atoms with E-state index in [-0.39, 0.29) is 19.3 Å². The largest absolute Gasteiger partial charge is 0.444 e. The first-order valence-corrected chi connectivity index (χ1v) is 5.55. The average Bonchev–Trinajstić information content (AvgIpc) is 2.25. The Labute approximate surface area is 96.3 Å². The van der Waals surface area contributed by atoms with Gasteiger partial charge in [0.15, 0.2) is 0 Å². The molecule has 0 radical (unpaired) electrons. The molecule has 0 aromatic carbocycles. The van der Waals surface area contributed by atoms with Crippen LogP contribution in [0, 0.1) is 0 Å². The smallest absolute Gasteiger partial charge is 0.410 e. The van der Waals surface area contributed by atoms with Crippen molar-refractivity contribution in [3.05, 3.63) is 0 Å². The molecule has 5 nitrogen and oxygen atoms in total. The minimum atomic E-state index is -0.641. The van der Waals surface area contributed by atoms with Crippen molar-refractivity contribution >= 4 is 6.09 Å². The Kier molecular flexibility index (Phi) is 4.15. The first-order valence-electron chi connectivity index (χ1n) is 5.55. The molecule has 2 unspecified atom stereocenters. The molecule has 94 valence electrons. The van der Waals surface area contributed by atoms with Crippen LogP contribution >= 0.6 is 0 Å². The first-order chi connectivity index (χ1) is 7.28. The summed E-state index contributed by atoms with van der Waals surface area (Å²) in [6.45, 7) is 8.30. The van der Waals surface area contributed by atoms with Gasteiger partial charge in [-0.05, 0) is 27.7 Å². The zero-order chi connectivity index (χ0) is 12.3. The molecule has 0 aliphatic carbocycles. The Morgan fingerprint density at radius 2 is 2.06 bits per heavy atom. The third kappa shape index (κ3) is 4.37. The number of nitrogens with zero attached hydrogens (tertiary/aromatic N) is 1. The highest BCUT2D eigenvalue weighted by Gasteiger charge is 2.28. The van der Waals surface area contributed by atoms with E-state index in [0.717, 1.165) is 0 Å². The van der Waals surface area contributed by atoms with Gasteiger partial charge in [-0.1, -0.05) is 0 Å². The maximum absolute atomic E-state index is 11.8. The predicted molar refractivity (Wildman–Crippen MR) is 59.2 cm³/mol. The van der Waals surface area contributed by atoms with Gasteiger partial charge in [-0.3, -0.25) is 0 Å². The lowest BCUT2D eigenvalue weighted by molar-refractivity contribution is 0.0171. The summed E-state index contributed by atoms with van der Waals surface area (Å²) in [5.74, 6) is 0. The molecule has 1 heterocycles. The topological polar surface area (TPSA) is 59.0 Å². The summed E-state index contributed by atoms with van der Waals surface area (Å²) in [5.41, 5.74) is -0.515. The Balaban J connectivity index is 2.59. The minimum absolute atomic E-state index is 0.0790. The maximum Gasteiger partial charge on any atom is 0.410 e. The van der Waals surface area contributed by atoms with Gasteiger partial charge in [-0.2, -0.15) is 0 Å². The number of aliphatic hydroxyl groups is 1. The summed E-state index contributed by atoms with van der Waals surface area (Å²) < 4.78 is 10.6. The lowest BCUT2D eigenvalue weighted by Gasteiger charge is -2.27. The summed E-state index contributed by atoms with van der Waals surface area (Å²) in [6, 6.07) is 0. The maximum atomic E-state index is 11.8. The number of hydrogen-bond acceptors (Lipinski definition) is 4. The number of ether oxygens (including phenoxy) is 2. The number of hydrogen-bond donors (Lipinski definition) is 1. The summed E-state index contributed by atoms with van der Waals surface area (Å²) in [7, 11) is 0. The lowest BCUT2D eigenvalue weighted by Crippen LogP contribution is -2.42. The Morgan fingerprint density at radius 3 is 2.62 bits per heavy atom. The van der Waals surface area contributed by atoms with E-state index in [1.54, 1.807) is 0 Å². The van der Waals surface area contributed by atoms with E-state index in [0.29, 0.717) is 6.54 Å². The zero-order valence-corrected chi connectivity index (χ0v) is 10.4. The molecule has 1 rings (SSSR count). The molecule has 0 bridgehead atoms. The fourth-order valence-corrected chi connectivity index (χ4v) is 1.50. The van der Waals surface area contributed by atoms with E-state index in [9.17, 15) is 9.90 Å². The third-order valence-electron chi connectivity index (χ3n) is 2.13. The van der Waals surface area contributed by atoms with Crippen LogP contribution < -0.4 is 0 Å². The second-order valence-corrected chi connectivity index (χ2v) is 5.18. The summed E-state index contributed by atoms with van der Waals surface area (Å²) in [4.78, 5) is 13.3. The van der Waals surface area contributed by atoms with E-state index >= 15 is 0 Å². The minimum Gasteiger partial charge on any atom is -0.444 e. The molecular weight excluding hydrogens is 210 g/mol. The second kappa shape index (κ2) is 5.01. The van der Waals surface area contributed by atoms with Crippen LogP contribution in [0.5, 0.6) is 0 Å². The molecule has 1 aliphatic rings. The molecule has 1 saturated heterocycles. The molecule has 0 aromatic rings. The van der Waals surface area contributed by atoms with Gasteiger partial charge in [0.05, 0.1) is 31.9 Å². The molecule has 0 spiro atoms. The number of β-amino-alcohol motifs (C(OH)–C–C–N with tert-alkyl or cyclic N) is 1. The fraction of sp³-hybridized carbons (Fsp3) is 0.909. The number of rotatable bonds is 0. The van der Waals surface area contributed by atoms with Gasteiger partial charge in [0, 0.05) is 0 Å². The van der Waals surface area contributed by atoms with Crippen LogP contribution in [0.25, 0.3) is 0 Å². The second-order valence-electron chi connectivity index (χ2n) is 5.18. The summed E-state index contributed by atoms with van der Waals surface area (Å²) in [6.07, 6.45) is -1.12. The van der Waals surface area contributed by atoms with Gasteiger partial charge in [0.25, 0.3) is 0 Å². The van der Waals surface area contributed by atoms with Crippen molar-refractivity contribution in [2.75, 3.05) is 19.7 Å². The highest BCUT2D eigenvalue weighted by molar-refractivity contribution is 5.68. The van der Waals surface area contributed by atoms with Gasteiger partial charge in [-0.25, -0.2) is 4.79 Å². The van der Waals surface area contributed by atoms with E-state index in [4.69, 9.17) is 9.47 Å². The van der Waals surface area contributed by atoms with Crippen LogP contribution in [0.2, 0.25) is 0 Å². The number of amides is 1. The van der Waals surface area contributed by atoms with Crippen molar-refractivity contribution in [3.8, 4) is 0 Å². The predicted octanol–water partition coefficient (Wildman–Crippen LogP) is 1.00. The average molecular weight is 231 g/mol. The molecule has 1 aliphatic heterocycles. The molecule has 0 aromatic heterocycles. The van der Waals surface area contributed by atoms with E-state index in [1.165, 1.54) is 4.90 Å². The molecule has 5 heteroatoms. The third-order valence-corrected chi connectivity index (χ3v) is 2.13. The van der Waals surface area contributed by atoms with Crippen LogP contribution in [0.1, 0.15) is 27.7 Å². The van der Waals surface area contributed by atoms with Crippen LogP contribution in [-0.4, -0.2) is 53.6 Å². The van der Waals surface area contributed by atoms with Gasteiger partial charge >= 0.3 is 6.09 Å². The Morgan fingerprint density at radius 1 is 1.44 bits per heavy atom. The fourth-order valence-electron chi connectivity index (χ4n) is 1.50. The van der Waals surface area contributed by atoms with Crippen molar-refractivity contribution in [1.82, 2.24) is 4.90 Å². The number of carbonyl (C=O) groups excluding carboxylic acids is 1. The van der Waals surface area contributed by atoms with Crippen LogP contribution in [0.4, 0.5) is 4.79 Å². The number of aliphatic hydroxyl groups excluding tert-OH is 1. The van der Waals surface area contributed by atoms with Crippen molar-refractivity contribution in [2.24, 2.45) is 0 Å². The summed E-state index contributed by atoms with van der Waals surface area (Å²) in [5, 5.41) is 9.55. The van der Waals surface area contributed by atoms with E-state index in [1.807, 2.05) is 27.7 Å². The van der Waals surface area contributed by atoms with Crippen molar-refractivity contribution in [1.29, 1.82) is 0 Å². The Hall–Kier alpha value is -0.810. The van der Waals surface area contributed by atoms with Crippen LogP contribution in [0.3, 0.4) is 0 Å². The molecule has 1 amide bonds. The SMILES string of the molecule is CC1CN(C(=O)OC(C)(C)C)CC(O)CO1. The monoisotopic (exact) mass is 231 g/mol. The van der Waals surface area contributed by atoms with Crippen LogP contribution in [-0.2, 0) is 9.47 Å². The molecule has 0 saturated carbocycles. The van der Waals surface area contributed by atoms with Crippen LogP contribution in [0.15, 0.2) is 0 Å². The van der Waals surface area contributed by atoms with Gasteiger partial charge in [0.1, 0.15) is 5.60 Å². The van der Waals surface area contributed by atoms with E-state index < -0.39 is 17.8 Å². The molecule has 2 atom stereocenters. The molecule has 1 fully saturated rings. The first kappa shape index (κ1) is 13.3. The van der Waals surface area contributed by atoms with Gasteiger partial charge < -0.3 is 19.5 Å².